The Kier molecular flexibility index (Phi) is 5.32. The summed E-state index contributed by atoms with van der Waals surface area (Å²) >= 11 is 12.1. The number of rotatable bonds is 5. The van der Waals surface area contributed by atoms with Crippen LogP contribution in [0.1, 0.15) is 17.2 Å². The van der Waals surface area contributed by atoms with Crippen molar-refractivity contribution in [3.8, 4) is 0 Å². The van der Waals surface area contributed by atoms with Gasteiger partial charge in [-0.3, -0.25) is 10.1 Å². The van der Waals surface area contributed by atoms with Gasteiger partial charge in [-0.1, -0.05) is 29.3 Å². The average Bonchev–Trinajstić information content (AvgIpc) is 3.14. The van der Waals surface area contributed by atoms with E-state index >= 15 is 0 Å². The lowest BCUT2D eigenvalue weighted by Gasteiger charge is -2.17. The first kappa shape index (κ1) is 18.1. The zero-order chi connectivity index (χ0) is 18.7. The van der Waals surface area contributed by atoms with Crippen molar-refractivity contribution in [3.05, 3.63) is 86.4 Å². The van der Waals surface area contributed by atoms with Gasteiger partial charge in [-0.05, 0) is 35.9 Å². The number of hydrogen-bond donors (Lipinski definition) is 1. The Morgan fingerprint density at radius 1 is 1.23 bits per heavy atom. The largest absolute Gasteiger partial charge is 0.382 e. The van der Waals surface area contributed by atoms with Gasteiger partial charge in [-0.25, -0.2) is 9.67 Å². The Balaban J connectivity index is 2.04. The molecule has 1 aromatic heterocycles. The number of benzene rings is 2. The minimum Gasteiger partial charge on any atom is -0.382 e. The molecule has 0 saturated carbocycles. The van der Waals surface area contributed by atoms with E-state index < -0.39 is 11.0 Å². The summed E-state index contributed by atoms with van der Waals surface area (Å²) in [7, 11) is 0. The topological polar surface area (TPSA) is 94.1 Å². The fourth-order valence-corrected chi connectivity index (χ4v) is 2.87. The van der Waals surface area contributed by atoms with Gasteiger partial charge in [0, 0.05) is 27.7 Å². The molecule has 1 atom stereocenters. The lowest BCUT2D eigenvalue weighted by Crippen LogP contribution is -2.09. The van der Waals surface area contributed by atoms with Gasteiger partial charge in [0.05, 0.1) is 10.6 Å². The monoisotopic (exact) mass is 390 g/mol. The number of aromatic nitrogens is 3. The Morgan fingerprint density at radius 3 is 2.54 bits per heavy atom. The Labute approximate surface area is 158 Å². The summed E-state index contributed by atoms with van der Waals surface area (Å²) in [4.78, 5) is 14.2. The highest BCUT2D eigenvalue weighted by Gasteiger charge is 2.19. The van der Waals surface area contributed by atoms with Crippen LogP contribution in [0.4, 0.5) is 5.69 Å². The van der Waals surface area contributed by atoms with Gasteiger partial charge >= 0.3 is 0 Å². The van der Waals surface area contributed by atoms with Crippen LogP contribution in [-0.4, -0.2) is 24.8 Å². The molecule has 2 aromatic carbocycles. The van der Waals surface area contributed by atoms with E-state index in [-0.39, 0.29) is 5.69 Å². The average molecular weight is 391 g/mol. The summed E-state index contributed by atoms with van der Waals surface area (Å²) in [5, 5.41) is 26.4. The third kappa shape index (κ3) is 3.91. The lowest BCUT2D eigenvalue weighted by atomic mass is 10.0. The second-order valence-electron chi connectivity index (χ2n) is 5.33. The van der Waals surface area contributed by atoms with Gasteiger partial charge in [0.25, 0.3) is 5.69 Å². The van der Waals surface area contributed by atoms with Crippen LogP contribution in [0.5, 0.6) is 0 Å². The summed E-state index contributed by atoms with van der Waals surface area (Å²) in [6.45, 7) is 0. The summed E-state index contributed by atoms with van der Waals surface area (Å²) < 4.78 is 1.40. The molecule has 26 heavy (non-hydrogen) atoms. The first-order valence-corrected chi connectivity index (χ1v) is 8.15. The van der Waals surface area contributed by atoms with Crippen molar-refractivity contribution in [1.29, 1.82) is 0 Å². The molecule has 3 rings (SSSR count). The van der Waals surface area contributed by atoms with E-state index in [1.165, 1.54) is 35.5 Å². The first-order valence-electron chi connectivity index (χ1n) is 7.40. The van der Waals surface area contributed by atoms with Crippen LogP contribution >= 0.6 is 23.2 Å². The van der Waals surface area contributed by atoms with Crippen LogP contribution in [0.2, 0.25) is 10.0 Å². The molecule has 0 bridgehead atoms. The predicted octanol–water partition coefficient (Wildman–Crippen LogP) is 4.22. The molecular formula is C17H12Cl2N4O3. The quantitative estimate of drug-likeness (QED) is 0.519. The maximum atomic E-state index is 10.8. The van der Waals surface area contributed by atoms with Crippen molar-refractivity contribution in [1.82, 2.24) is 14.8 Å². The summed E-state index contributed by atoms with van der Waals surface area (Å²) in [5.74, 6) is 0. The molecule has 0 aliphatic heterocycles. The van der Waals surface area contributed by atoms with Crippen LogP contribution in [0, 0.1) is 10.1 Å². The zero-order valence-electron chi connectivity index (χ0n) is 13.2. The maximum Gasteiger partial charge on any atom is 0.269 e. The standard InChI is InChI=1S/C17H12Cl2N4O3/c18-12-3-6-14(15(19)8-12)17(24)16(22-10-20-9-21-22)7-11-1-4-13(5-2-11)23(25)26/h1-10,17,24H/b16-7+/t17-/m0/s1. The molecule has 3 aromatic rings. The molecule has 0 aliphatic carbocycles. The minimum atomic E-state index is -1.11. The highest BCUT2D eigenvalue weighted by Crippen LogP contribution is 2.33. The SMILES string of the molecule is O=[N+]([O-])c1ccc(/C=C(\[C@@H](O)c2ccc(Cl)cc2Cl)n2cncn2)cc1. The van der Waals surface area contributed by atoms with E-state index in [0.29, 0.717) is 26.9 Å². The Morgan fingerprint density at radius 2 is 1.96 bits per heavy atom. The molecule has 0 amide bonds. The van der Waals surface area contributed by atoms with Crippen molar-refractivity contribution in [2.24, 2.45) is 0 Å². The maximum absolute atomic E-state index is 10.8. The van der Waals surface area contributed by atoms with Crippen molar-refractivity contribution in [2.75, 3.05) is 0 Å². The van der Waals surface area contributed by atoms with Gasteiger partial charge in [0.15, 0.2) is 0 Å². The van der Waals surface area contributed by atoms with E-state index in [2.05, 4.69) is 10.1 Å². The minimum absolute atomic E-state index is 0.0225. The van der Waals surface area contributed by atoms with Crippen molar-refractivity contribution >= 4 is 40.7 Å². The van der Waals surface area contributed by atoms with Gasteiger partial charge in [0.2, 0.25) is 0 Å². The predicted molar refractivity (Wildman–Crippen MR) is 98.7 cm³/mol. The van der Waals surface area contributed by atoms with E-state index in [9.17, 15) is 15.2 Å². The molecular weight excluding hydrogens is 379 g/mol. The first-order chi connectivity index (χ1) is 12.5. The zero-order valence-corrected chi connectivity index (χ0v) is 14.7. The van der Waals surface area contributed by atoms with E-state index in [1.54, 1.807) is 30.3 Å². The number of aliphatic hydroxyl groups is 1. The summed E-state index contributed by atoms with van der Waals surface area (Å²) in [6.07, 6.45) is 3.30. The van der Waals surface area contributed by atoms with E-state index in [1.807, 2.05) is 0 Å². The molecule has 0 saturated heterocycles. The fraction of sp³-hybridized carbons (Fsp3) is 0.0588. The normalized spacial score (nSPS) is 12.8. The van der Waals surface area contributed by atoms with Crippen LogP contribution in [0.25, 0.3) is 11.8 Å². The van der Waals surface area contributed by atoms with Gasteiger partial charge in [0.1, 0.15) is 18.8 Å². The Hall–Kier alpha value is -2.74. The molecule has 1 N–H and O–H groups in total. The fourth-order valence-electron chi connectivity index (χ4n) is 2.36. The molecule has 0 radical (unpaired) electrons. The number of hydrogen-bond acceptors (Lipinski definition) is 5. The second kappa shape index (κ2) is 7.65. The Bertz CT molecular complexity index is 957. The number of nitrogens with zero attached hydrogens (tertiary/aromatic N) is 4. The number of nitro benzene ring substituents is 1. The number of nitro groups is 1. The van der Waals surface area contributed by atoms with E-state index in [4.69, 9.17) is 23.2 Å². The number of halogens is 2. The van der Waals surface area contributed by atoms with Gasteiger partial charge in [-0.2, -0.15) is 5.10 Å². The van der Waals surface area contributed by atoms with Gasteiger partial charge in [-0.15, -0.1) is 0 Å². The lowest BCUT2D eigenvalue weighted by molar-refractivity contribution is -0.384. The van der Waals surface area contributed by atoms with Crippen LogP contribution in [0.3, 0.4) is 0 Å². The van der Waals surface area contributed by atoms with Crippen LogP contribution < -0.4 is 0 Å². The molecule has 0 fully saturated rings. The van der Waals surface area contributed by atoms with Gasteiger partial charge < -0.3 is 5.11 Å². The molecule has 0 aliphatic rings. The highest BCUT2D eigenvalue weighted by atomic mass is 35.5. The van der Waals surface area contributed by atoms with Crippen LogP contribution in [0.15, 0.2) is 55.1 Å². The third-order valence-corrected chi connectivity index (χ3v) is 4.20. The summed E-state index contributed by atoms with van der Waals surface area (Å²) in [5.41, 5.74) is 1.44. The van der Waals surface area contributed by atoms with Crippen molar-refractivity contribution in [2.45, 2.75) is 6.10 Å². The van der Waals surface area contributed by atoms with Crippen molar-refractivity contribution < 1.29 is 10.0 Å². The molecule has 0 unspecified atom stereocenters. The molecule has 9 heteroatoms. The summed E-state index contributed by atoms with van der Waals surface area (Å²) in [6, 6.07) is 10.7. The number of non-ortho nitro benzene ring substituents is 1. The third-order valence-electron chi connectivity index (χ3n) is 3.64. The van der Waals surface area contributed by atoms with Crippen molar-refractivity contribution in [3.63, 3.8) is 0 Å². The highest BCUT2D eigenvalue weighted by molar-refractivity contribution is 6.35. The smallest absolute Gasteiger partial charge is 0.269 e. The molecule has 1 heterocycles. The molecule has 0 spiro atoms. The second-order valence-corrected chi connectivity index (χ2v) is 6.17. The molecule has 132 valence electrons. The molecule has 7 nitrogen and oxygen atoms in total. The van der Waals surface area contributed by atoms with E-state index in [0.717, 1.165) is 0 Å². The van der Waals surface area contributed by atoms with Crippen LogP contribution in [-0.2, 0) is 0 Å². The number of aliphatic hydroxyl groups excluding tert-OH is 1.